The zero-order valence-corrected chi connectivity index (χ0v) is 16.9. The quantitative estimate of drug-likeness (QED) is 0.542. The lowest BCUT2D eigenvalue weighted by Gasteiger charge is -2.25. The molecule has 1 heterocycles. The van der Waals surface area contributed by atoms with Gasteiger partial charge in [0.05, 0.1) is 6.19 Å². The fourth-order valence-electron chi connectivity index (χ4n) is 2.17. The molecule has 1 aromatic heterocycles. The van der Waals surface area contributed by atoms with E-state index in [0.717, 1.165) is 25.4 Å². The second-order valence-corrected chi connectivity index (χ2v) is 10.8. The second-order valence-electron chi connectivity index (χ2n) is 4.89. The molecule has 0 atom stereocenters. The van der Waals surface area contributed by atoms with E-state index in [-0.39, 0.29) is 0 Å². The summed E-state index contributed by atoms with van der Waals surface area (Å²) in [7, 11) is 0. The minimum absolute atomic E-state index is 0.793. The van der Waals surface area contributed by atoms with Crippen molar-refractivity contribution in [2.24, 2.45) is 0 Å². The monoisotopic (exact) mass is 466 g/mol. The largest absolute Gasteiger partial charge is 0.335 e. The molecule has 0 aliphatic carbocycles. The van der Waals surface area contributed by atoms with Gasteiger partial charge in [0.1, 0.15) is 5.82 Å². The molecule has 0 fully saturated rings. The van der Waals surface area contributed by atoms with Gasteiger partial charge < -0.3 is 5.09 Å². The molecule has 0 amide bonds. The summed E-state index contributed by atoms with van der Waals surface area (Å²) in [5.74, 6) is 0.793. The van der Waals surface area contributed by atoms with Crippen molar-refractivity contribution in [3.8, 4) is 0 Å². The molecule has 1 N–H and O–H groups in total. The minimum Gasteiger partial charge on any atom is -0.335 e. The topological polar surface area (TPSA) is 24.9 Å². The van der Waals surface area contributed by atoms with E-state index >= 15 is 0 Å². The van der Waals surface area contributed by atoms with Gasteiger partial charge in [-0.05, 0) is 36.4 Å². The highest BCUT2D eigenvalue weighted by atomic mass is 79.9. The normalized spacial score (nSPS) is 11.2. The molecule has 116 valence electrons. The van der Waals surface area contributed by atoms with Gasteiger partial charge >= 0.3 is 0 Å². The molecule has 23 heavy (non-hydrogen) atoms. The molecule has 3 aromatic rings. The van der Waals surface area contributed by atoms with Crippen LogP contribution >= 0.6 is 38.0 Å². The Morgan fingerprint density at radius 2 is 1.30 bits per heavy atom. The van der Waals surface area contributed by atoms with Crippen LogP contribution in [0.2, 0.25) is 0 Å². The zero-order chi connectivity index (χ0) is 16.3. The lowest BCUT2D eigenvalue weighted by molar-refractivity contribution is 1.33. The molecular formula is C17H13Br2N2PS. The van der Waals surface area contributed by atoms with Crippen molar-refractivity contribution in [1.82, 2.24) is 4.98 Å². The van der Waals surface area contributed by atoms with Gasteiger partial charge in [0.25, 0.3) is 0 Å². The van der Waals surface area contributed by atoms with Crippen LogP contribution in [0.1, 0.15) is 0 Å². The summed E-state index contributed by atoms with van der Waals surface area (Å²) in [5, 5.41) is 5.71. The SMILES string of the molecule is S=P(Nc1ccccn1)(c1ccc(Br)cc1)c1ccc(Br)cc1. The predicted octanol–water partition coefficient (Wildman–Crippen LogP) is 5.06. The van der Waals surface area contributed by atoms with E-state index < -0.39 is 6.19 Å². The summed E-state index contributed by atoms with van der Waals surface area (Å²) in [6.07, 6.45) is -0.437. The summed E-state index contributed by atoms with van der Waals surface area (Å²) in [5.41, 5.74) is 0. The number of halogens is 2. The van der Waals surface area contributed by atoms with Crippen molar-refractivity contribution in [2.75, 3.05) is 5.09 Å². The van der Waals surface area contributed by atoms with Crippen LogP contribution in [0.25, 0.3) is 0 Å². The number of rotatable bonds is 4. The first-order valence-corrected chi connectivity index (χ1v) is 11.3. The summed E-state index contributed by atoms with van der Waals surface area (Å²) >= 11 is 13.1. The summed E-state index contributed by atoms with van der Waals surface area (Å²) < 4.78 is 2.08. The van der Waals surface area contributed by atoms with Gasteiger partial charge in [-0.3, -0.25) is 0 Å². The number of aromatic nitrogens is 1. The first kappa shape index (κ1) is 16.8. The molecule has 0 saturated heterocycles. The Kier molecular flexibility index (Phi) is 5.32. The van der Waals surface area contributed by atoms with Gasteiger partial charge in [0.15, 0.2) is 0 Å². The third-order valence-electron chi connectivity index (χ3n) is 3.32. The fraction of sp³-hybridized carbons (Fsp3) is 0. The Hall–Kier alpha value is -1.00. The van der Waals surface area contributed by atoms with Crippen LogP contribution in [0.5, 0.6) is 0 Å². The summed E-state index contributed by atoms with van der Waals surface area (Å²) in [4.78, 5) is 4.38. The highest BCUT2D eigenvalue weighted by molar-refractivity contribution is 9.10. The molecular weight excluding hydrogens is 455 g/mol. The molecule has 0 spiro atoms. The van der Waals surface area contributed by atoms with Crippen LogP contribution in [0.4, 0.5) is 5.82 Å². The number of anilines is 1. The second kappa shape index (κ2) is 7.27. The summed E-state index contributed by atoms with van der Waals surface area (Å²) in [6, 6.07) is 22.2. The van der Waals surface area contributed by atoms with Crippen LogP contribution in [0, 0.1) is 0 Å². The lowest BCUT2D eigenvalue weighted by Crippen LogP contribution is -2.21. The van der Waals surface area contributed by atoms with E-state index in [1.807, 2.05) is 42.5 Å². The van der Waals surface area contributed by atoms with Crippen molar-refractivity contribution in [2.45, 2.75) is 0 Å². The van der Waals surface area contributed by atoms with Gasteiger partial charge in [-0.2, -0.15) is 0 Å². The lowest BCUT2D eigenvalue weighted by atomic mass is 10.4. The van der Waals surface area contributed by atoms with Crippen molar-refractivity contribution >= 4 is 66.3 Å². The molecule has 3 rings (SSSR count). The highest BCUT2D eigenvalue weighted by Crippen LogP contribution is 2.43. The molecule has 0 radical (unpaired) electrons. The van der Waals surface area contributed by atoms with Crippen molar-refractivity contribution < 1.29 is 0 Å². The van der Waals surface area contributed by atoms with Gasteiger partial charge in [0, 0.05) is 25.8 Å². The van der Waals surface area contributed by atoms with E-state index in [1.165, 1.54) is 0 Å². The minimum atomic E-state index is -2.21. The highest BCUT2D eigenvalue weighted by Gasteiger charge is 2.22. The summed E-state index contributed by atoms with van der Waals surface area (Å²) in [6.45, 7) is 0. The van der Waals surface area contributed by atoms with E-state index in [9.17, 15) is 0 Å². The van der Waals surface area contributed by atoms with Gasteiger partial charge in [-0.15, -0.1) is 0 Å². The fourth-order valence-corrected chi connectivity index (χ4v) is 5.86. The molecule has 0 aliphatic heterocycles. The van der Waals surface area contributed by atoms with Crippen molar-refractivity contribution in [3.63, 3.8) is 0 Å². The smallest absolute Gasteiger partial charge is 0.130 e. The Balaban J connectivity index is 2.10. The van der Waals surface area contributed by atoms with Crippen LogP contribution in [-0.4, -0.2) is 4.98 Å². The molecule has 0 bridgehead atoms. The number of hydrogen-bond donors (Lipinski definition) is 1. The van der Waals surface area contributed by atoms with E-state index in [2.05, 4.69) is 66.2 Å². The molecule has 2 nitrogen and oxygen atoms in total. The standard InChI is InChI=1S/C17H13Br2N2PS/c18-13-4-8-15(9-5-13)22(23,16-10-6-14(19)7-11-16)21-17-3-1-2-12-20-17/h1-12H,(H,20,21,23). The number of nitrogens with one attached hydrogen (secondary N) is 1. The Morgan fingerprint density at radius 3 is 1.74 bits per heavy atom. The third-order valence-corrected chi connectivity index (χ3v) is 8.51. The Labute approximate surface area is 157 Å². The van der Waals surface area contributed by atoms with Crippen LogP contribution in [-0.2, 0) is 11.8 Å². The maximum atomic E-state index is 6.13. The molecule has 2 aromatic carbocycles. The average molecular weight is 468 g/mol. The maximum Gasteiger partial charge on any atom is 0.130 e. The van der Waals surface area contributed by atoms with E-state index in [4.69, 9.17) is 11.8 Å². The van der Waals surface area contributed by atoms with E-state index in [1.54, 1.807) is 6.20 Å². The first-order valence-electron chi connectivity index (χ1n) is 6.89. The van der Waals surface area contributed by atoms with Crippen molar-refractivity contribution in [1.29, 1.82) is 0 Å². The number of nitrogens with zero attached hydrogens (tertiary/aromatic N) is 1. The number of hydrogen-bond acceptors (Lipinski definition) is 2. The number of benzene rings is 2. The Morgan fingerprint density at radius 1 is 0.783 bits per heavy atom. The van der Waals surface area contributed by atoms with Gasteiger partial charge in [-0.1, -0.05) is 74.0 Å². The van der Waals surface area contributed by atoms with Crippen LogP contribution in [0.15, 0.2) is 81.9 Å². The van der Waals surface area contributed by atoms with Gasteiger partial charge in [-0.25, -0.2) is 4.98 Å². The molecule has 0 aliphatic rings. The van der Waals surface area contributed by atoms with Crippen molar-refractivity contribution in [3.05, 3.63) is 81.9 Å². The maximum absolute atomic E-state index is 6.13. The van der Waals surface area contributed by atoms with E-state index in [0.29, 0.717) is 0 Å². The first-order chi connectivity index (χ1) is 11.1. The number of pyridine rings is 1. The third kappa shape index (κ3) is 3.92. The zero-order valence-electron chi connectivity index (χ0n) is 12.0. The van der Waals surface area contributed by atoms with Crippen LogP contribution in [0.3, 0.4) is 0 Å². The molecule has 0 unspecified atom stereocenters. The Bertz CT molecular complexity index is 787. The van der Waals surface area contributed by atoms with Crippen LogP contribution < -0.4 is 15.7 Å². The molecule has 0 saturated carbocycles. The predicted molar refractivity (Wildman–Crippen MR) is 110 cm³/mol. The van der Waals surface area contributed by atoms with Gasteiger partial charge in [0.2, 0.25) is 0 Å². The molecule has 6 heteroatoms. The average Bonchev–Trinajstić information content (AvgIpc) is 2.57.